The van der Waals surface area contributed by atoms with E-state index < -0.39 is 0 Å². The smallest absolute Gasteiger partial charge is 0.161 e. The number of fused-ring (bicyclic) bond motifs is 1. The first-order valence-electron chi connectivity index (χ1n) is 9.58. The van der Waals surface area contributed by atoms with Gasteiger partial charge in [-0.3, -0.25) is 4.98 Å². The Balaban J connectivity index is 1.64. The van der Waals surface area contributed by atoms with Crippen LogP contribution in [0.3, 0.4) is 0 Å². The molecule has 4 aromatic rings. The first kappa shape index (κ1) is 19.2. The third-order valence-corrected chi connectivity index (χ3v) is 4.84. The molecule has 0 bridgehead atoms. The quantitative estimate of drug-likeness (QED) is 0.303. The highest BCUT2D eigenvalue weighted by Gasteiger charge is 2.09. The third-order valence-electron chi connectivity index (χ3n) is 4.84. The molecule has 0 N–H and O–H groups in total. The van der Waals surface area contributed by atoms with Crippen LogP contribution in [-0.2, 0) is 6.61 Å². The predicted molar refractivity (Wildman–Crippen MR) is 119 cm³/mol. The van der Waals surface area contributed by atoms with Gasteiger partial charge < -0.3 is 9.47 Å². The molecular formula is C26H20N2O2. The lowest BCUT2D eigenvalue weighted by molar-refractivity contribution is 0.284. The number of hydrogen-bond donors (Lipinski definition) is 0. The molecule has 3 aromatic carbocycles. The van der Waals surface area contributed by atoms with Crippen LogP contribution in [0, 0.1) is 11.3 Å². The second-order valence-corrected chi connectivity index (χ2v) is 6.75. The molecule has 146 valence electrons. The van der Waals surface area contributed by atoms with E-state index in [0.29, 0.717) is 23.7 Å². The first-order valence-corrected chi connectivity index (χ1v) is 9.58. The van der Waals surface area contributed by atoms with Crippen LogP contribution in [0.2, 0.25) is 0 Å². The Bertz CT molecular complexity index is 1240. The van der Waals surface area contributed by atoms with Crippen LogP contribution in [0.25, 0.3) is 22.4 Å². The van der Waals surface area contributed by atoms with E-state index in [1.807, 2.05) is 78.9 Å². The molecule has 4 heteroatoms. The molecule has 0 spiro atoms. The van der Waals surface area contributed by atoms with Crippen LogP contribution in [0.1, 0.15) is 16.7 Å². The van der Waals surface area contributed by atoms with Gasteiger partial charge in [-0.1, -0.05) is 48.5 Å². The summed E-state index contributed by atoms with van der Waals surface area (Å²) in [7, 11) is 1.61. The minimum Gasteiger partial charge on any atom is -0.493 e. The lowest BCUT2D eigenvalue weighted by atomic mass is 9.97. The van der Waals surface area contributed by atoms with Crippen LogP contribution < -0.4 is 9.47 Å². The number of rotatable bonds is 6. The number of benzene rings is 3. The SMILES string of the molecule is COc1cc(/C=C(/C#N)c2cccc3ccccc23)ccc1OCc1ccncc1. The number of hydrogen-bond acceptors (Lipinski definition) is 4. The van der Waals surface area contributed by atoms with Crippen molar-refractivity contribution < 1.29 is 9.47 Å². The maximum absolute atomic E-state index is 9.81. The lowest BCUT2D eigenvalue weighted by Crippen LogP contribution is -1.98. The Hall–Kier alpha value is -4.10. The molecule has 0 unspecified atom stereocenters. The second-order valence-electron chi connectivity index (χ2n) is 6.75. The summed E-state index contributed by atoms with van der Waals surface area (Å²) in [5.41, 5.74) is 3.40. The molecule has 4 nitrogen and oxygen atoms in total. The summed E-state index contributed by atoms with van der Waals surface area (Å²) in [6.45, 7) is 0.424. The van der Waals surface area contributed by atoms with E-state index in [1.54, 1.807) is 19.5 Å². The number of ether oxygens (including phenoxy) is 2. The topological polar surface area (TPSA) is 55.1 Å². The van der Waals surface area contributed by atoms with Crippen molar-refractivity contribution in [3.05, 3.63) is 102 Å². The summed E-state index contributed by atoms with van der Waals surface area (Å²) in [5.74, 6) is 1.27. The molecule has 0 saturated heterocycles. The molecule has 0 aliphatic rings. The van der Waals surface area contributed by atoms with Crippen molar-refractivity contribution in [2.75, 3.05) is 7.11 Å². The van der Waals surface area contributed by atoms with Crippen molar-refractivity contribution in [1.82, 2.24) is 4.98 Å². The highest BCUT2D eigenvalue weighted by molar-refractivity contribution is 6.01. The largest absolute Gasteiger partial charge is 0.493 e. The van der Waals surface area contributed by atoms with E-state index in [9.17, 15) is 5.26 Å². The summed E-state index contributed by atoms with van der Waals surface area (Å²) in [4.78, 5) is 4.01. The molecule has 4 rings (SSSR count). The van der Waals surface area contributed by atoms with Crippen molar-refractivity contribution in [3.63, 3.8) is 0 Å². The van der Waals surface area contributed by atoms with Crippen LogP contribution in [0.5, 0.6) is 11.5 Å². The number of methoxy groups -OCH3 is 1. The molecule has 0 saturated carbocycles. The summed E-state index contributed by atoms with van der Waals surface area (Å²) in [6, 6.07) is 25.9. The summed E-state index contributed by atoms with van der Waals surface area (Å²) in [6.07, 6.45) is 5.35. The number of nitriles is 1. The van der Waals surface area contributed by atoms with Gasteiger partial charge in [0.05, 0.1) is 18.8 Å². The summed E-state index contributed by atoms with van der Waals surface area (Å²) < 4.78 is 11.4. The summed E-state index contributed by atoms with van der Waals surface area (Å²) in [5, 5.41) is 12.0. The zero-order chi connectivity index (χ0) is 20.8. The normalized spacial score (nSPS) is 11.1. The molecule has 0 atom stereocenters. The van der Waals surface area contributed by atoms with Crippen LogP contribution in [0.15, 0.2) is 85.2 Å². The van der Waals surface area contributed by atoms with Gasteiger partial charge in [-0.25, -0.2) is 0 Å². The van der Waals surface area contributed by atoms with Crippen molar-refractivity contribution in [3.8, 4) is 17.6 Å². The maximum Gasteiger partial charge on any atom is 0.161 e. The van der Waals surface area contributed by atoms with Crippen LogP contribution in [0.4, 0.5) is 0 Å². The van der Waals surface area contributed by atoms with E-state index in [1.165, 1.54) is 0 Å². The van der Waals surface area contributed by atoms with Gasteiger partial charge in [-0.05, 0) is 52.2 Å². The first-order chi connectivity index (χ1) is 14.8. The average molecular weight is 392 g/mol. The minimum absolute atomic E-state index is 0.424. The molecule has 0 aliphatic heterocycles. The van der Waals surface area contributed by atoms with E-state index in [0.717, 1.165) is 27.5 Å². The van der Waals surface area contributed by atoms with Gasteiger partial charge in [0.15, 0.2) is 11.5 Å². The van der Waals surface area contributed by atoms with Gasteiger partial charge in [0.1, 0.15) is 6.61 Å². The number of nitrogens with zero attached hydrogens (tertiary/aromatic N) is 2. The zero-order valence-corrected chi connectivity index (χ0v) is 16.6. The van der Waals surface area contributed by atoms with Gasteiger partial charge in [0, 0.05) is 18.0 Å². The molecule has 0 aliphatic carbocycles. The lowest BCUT2D eigenvalue weighted by Gasteiger charge is -2.12. The van der Waals surface area contributed by atoms with Gasteiger partial charge in [0.25, 0.3) is 0 Å². The molecule has 1 heterocycles. The second kappa shape index (κ2) is 8.93. The van der Waals surface area contributed by atoms with E-state index in [-0.39, 0.29) is 0 Å². The van der Waals surface area contributed by atoms with Crippen molar-refractivity contribution >= 4 is 22.4 Å². The molecular weight excluding hydrogens is 372 g/mol. The highest BCUT2D eigenvalue weighted by Crippen LogP contribution is 2.31. The summed E-state index contributed by atoms with van der Waals surface area (Å²) >= 11 is 0. The van der Waals surface area contributed by atoms with Crippen molar-refractivity contribution in [2.45, 2.75) is 6.61 Å². The van der Waals surface area contributed by atoms with E-state index in [4.69, 9.17) is 9.47 Å². The van der Waals surface area contributed by atoms with Gasteiger partial charge in [-0.2, -0.15) is 5.26 Å². The van der Waals surface area contributed by atoms with Gasteiger partial charge >= 0.3 is 0 Å². The third kappa shape index (κ3) is 4.16. The van der Waals surface area contributed by atoms with E-state index >= 15 is 0 Å². The average Bonchev–Trinajstić information content (AvgIpc) is 2.82. The van der Waals surface area contributed by atoms with Crippen LogP contribution in [-0.4, -0.2) is 12.1 Å². The highest BCUT2D eigenvalue weighted by atomic mass is 16.5. The fourth-order valence-electron chi connectivity index (χ4n) is 3.33. The van der Waals surface area contributed by atoms with Crippen LogP contribution >= 0.6 is 0 Å². The Morgan fingerprint density at radius 3 is 2.57 bits per heavy atom. The molecule has 30 heavy (non-hydrogen) atoms. The Kier molecular flexibility index (Phi) is 5.73. The predicted octanol–water partition coefficient (Wildman–Crippen LogP) is 5.89. The number of allylic oxidation sites excluding steroid dienone is 1. The fourth-order valence-corrected chi connectivity index (χ4v) is 3.33. The zero-order valence-electron chi connectivity index (χ0n) is 16.6. The molecule has 0 fully saturated rings. The molecule has 0 amide bonds. The molecule has 1 aromatic heterocycles. The fraction of sp³-hybridized carbons (Fsp3) is 0.0769. The Labute approximate surface area is 175 Å². The number of pyridine rings is 1. The van der Waals surface area contributed by atoms with Crippen molar-refractivity contribution in [2.24, 2.45) is 0 Å². The van der Waals surface area contributed by atoms with Gasteiger partial charge in [0.2, 0.25) is 0 Å². The Morgan fingerprint density at radius 2 is 1.77 bits per heavy atom. The van der Waals surface area contributed by atoms with E-state index in [2.05, 4.69) is 11.1 Å². The standard InChI is InChI=1S/C26H20N2O2/c1-29-26-16-20(9-10-25(26)30-18-19-11-13-28-14-12-19)15-22(17-27)24-8-4-6-21-5-2-3-7-23(21)24/h2-16H,18H2,1H3/b22-15-. The maximum atomic E-state index is 9.81. The minimum atomic E-state index is 0.424. The number of aromatic nitrogens is 1. The van der Waals surface area contributed by atoms with Gasteiger partial charge in [-0.15, -0.1) is 0 Å². The monoisotopic (exact) mass is 392 g/mol. The van der Waals surface area contributed by atoms with Crippen molar-refractivity contribution in [1.29, 1.82) is 5.26 Å². The molecule has 0 radical (unpaired) electrons. The Morgan fingerprint density at radius 1 is 0.967 bits per heavy atom.